The normalized spacial score (nSPS) is 21.2. The zero-order valence-electron chi connectivity index (χ0n) is 10.3. The van der Waals surface area contributed by atoms with E-state index >= 15 is 0 Å². The van der Waals surface area contributed by atoms with Gasteiger partial charge < -0.3 is 5.32 Å². The molecule has 0 spiro atoms. The van der Waals surface area contributed by atoms with E-state index < -0.39 is 21.9 Å². The number of nitrogens with zero attached hydrogens (tertiary/aromatic N) is 1. The molecule has 1 fully saturated rings. The van der Waals surface area contributed by atoms with Crippen molar-refractivity contribution in [3.8, 4) is 0 Å². The van der Waals surface area contributed by atoms with Gasteiger partial charge in [-0.25, -0.2) is 13.2 Å². The Morgan fingerprint density at radius 2 is 1.94 bits per heavy atom. The first-order chi connectivity index (χ1) is 7.70. The third-order valence-corrected chi connectivity index (χ3v) is 3.42. The van der Waals surface area contributed by atoms with Gasteiger partial charge in [-0.3, -0.25) is 9.69 Å². The van der Waals surface area contributed by atoms with Crippen LogP contribution in [-0.4, -0.2) is 49.9 Å². The molecule has 0 bridgehead atoms. The second kappa shape index (κ2) is 5.03. The van der Waals surface area contributed by atoms with Gasteiger partial charge in [0, 0.05) is 12.8 Å². The van der Waals surface area contributed by atoms with Crippen LogP contribution < -0.4 is 5.32 Å². The number of nitrogens with one attached hydrogen (secondary N) is 1. The SMILES string of the molecule is CC(C)CC1NC(=O)N(CCS(C)(=O)=O)C1=O. The van der Waals surface area contributed by atoms with E-state index in [0.717, 1.165) is 11.2 Å². The molecule has 0 aromatic rings. The van der Waals surface area contributed by atoms with Crippen LogP contribution in [-0.2, 0) is 14.6 Å². The first-order valence-corrected chi connectivity index (χ1v) is 7.56. The number of carbonyl (C=O) groups is 2. The quantitative estimate of drug-likeness (QED) is 0.707. The molecule has 6 nitrogen and oxygen atoms in total. The highest BCUT2D eigenvalue weighted by Gasteiger charge is 2.37. The maximum Gasteiger partial charge on any atom is 0.324 e. The summed E-state index contributed by atoms with van der Waals surface area (Å²) in [4.78, 5) is 24.3. The molecular formula is C10H18N2O4S. The van der Waals surface area contributed by atoms with Gasteiger partial charge in [-0.15, -0.1) is 0 Å². The predicted molar refractivity (Wildman–Crippen MR) is 63.2 cm³/mol. The molecule has 1 rings (SSSR count). The molecule has 1 aliphatic heterocycles. The number of amides is 3. The minimum atomic E-state index is -3.17. The number of hydrogen-bond acceptors (Lipinski definition) is 4. The summed E-state index contributed by atoms with van der Waals surface area (Å²) in [5.41, 5.74) is 0. The van der Waals surface area contributed by atoms with Gasteiger partial charge >= 0.3 is 6.03 Å². The molecule has 0 radical (unpaired) electrons. The van der Waals surface area contributed by atoms with Crippen molar-refractivity contribution in [1.82, 2.24) is 10.2 Å². The Labute approximate surface area is 101 Å². The second-order valence-electron chi connectivity index (χ2n) is 4.75. The second-order valence-corrected chi connectivity index (χ2v) is 7.01. The van der Waals surface area contributed by atoms with Crippen molar-refractivity contribution in [2.24, 2.45) is 5.92 Å². The highest BCUT2D eigenvalue weighted by molar-refractivity contribution is 7.90. The van der Waals surface area contributed by atoms with Crippen molar-refractivity contribution >= 4 is 21.8 Å². The molecule has 0 aromatic heterocycles. The Morgan fingerprint density at radius 3 is 2.41 bits per heavy atom. The Bertz CT molecular complexity index is 416. The van der Waals surface area contributed by atoms with E-state index in [1.165, 1.54) is 0 Å². The lowest BCUT2D eigenvalue weighted by Crippen LogP contribution is -2.35. The van der Waals surface area contributed by atoms with Crippen molar-refractivity contribution in [2.45, 2.75) is 26.3 Å². The molecule has 3 amide bonds. The number of imide groups is 1. The zero-order valence-corrected chi connectivity index (χ0v) is 11.1. The van der Waals surface area contributed by atoms with Crippen LogP contribution in [0.3, 0.4) is 0 Å². The van der Waals surface area contributed by atoms with E-state index in [9.17, 15) is 18.0 Å². The molecule has 1 heterocycles. The molecule has 17 heavy (non-hydrogen) atoms. The first-order valence-electron chi connectivity index (χ1n) is 5.50. The van der Waals surface area contributed by atoms with Gasteiger partial charge in [0.25, 0.3) is 5.91 Å². The van der Waals surface area contributed by atoms with E-state index in [4.69, 9.17) is 0 Å². The molecule has 1 atom stereocenters. The van der Waals surface area contributed by atoms with Crippen LogP contribution in [0.2, 0.25) is 0 Å². The maximum atomic E-state index is 11.8. The van der Waals surface area contributed by atoms with Gasteiger partial charge in [-0.1, -0.05) is 13.8 Å². The molecular weight excluding hydrogens is 244 g/mol. The van der Waals surface area contributed by atoms with E-state index in [1.807, 2.05) is 13.8 Å². The number of sulfone groups is 1. The fourth-order valence-corrected chi connectivity index (χ4v) is 2.19. The third-order valence-electron chi connectivity index (χ3n) is 2.50. The highest BCUT2D eigenvalue weighted by Crippen LogP contribution is 2.14. The molecule has 1 N–H and O–H groups in total. The molecule has 1 aliphatic rings. The third kappa shape index (κ3) is 3.99. The number of rotatable bonds is 5. The Balaban J connectivity index is 2.63. The van der Waals surface area contributed by atoms with Gasteiger partial charge in [0.05, 0.1) is 5.75 Å². The number of carbonyl (C=O) groups excluding carboxylic acids is 2. The van der Waals surface area contributed by atoms with Crippen LogP contribution in [0.4, 0.5) is 4.79 Å². The van der Waals surface area contributed by atoms with Crippen molar-refractivity contribution in [1.29, 1.82) is 0 Å². The Hall–Kier alpha value is -1.11. The van der Waals surface area contributed by atoms with Crippen LogP contribution in [0, 0.1) is 5.92 Å². The van der Waals surface area contributed by atoms with Gasteiger partial charge in [0.2, 0.25) is 0 Å². The summed E-state index contributed by atoms with van der Waals surface area (Å²) in [6, 6.07) is -1.01. The predicted octanol–water partition coefficient (Wildman–Crippen LogP) is -0.00250. The summed E-state index contributed by atoms with van der Waals surface area (Å²) in [7, 11) is -3.17. The van der Waals surface area contributed by atoms with Crippen LogP contribution in [0.15, 0.2) is 0 Å². The van der Waals surface area contributed by atoms with Crippen LogP contribution in [0.1, 0.15) is 20.3 Å². The number of urea groups is 1. The van der Waals surface area contributed by atoms with E-state index in [1.54, 1.807) is 0 Å². The molecule has 98 valence electrons. The lowest BCUT2D eigenvalue weighted by Gasteiger charge is -2.13. The zero-order chi connectivity index (χ0) is 13.2. The van der Waals surface area contributed by atoms with Gasteiger partial charge in [-0.05, 0) is 12.3 Å². The maximum absolute atomic E-state index is 11.8. The summed E-state index contributed by atoms with van der Waals surface area (Å²) in [6.45, 7) is 3.84. The largest absolute Gasteiger partial charge is 0.326 e. The number of hydrogen-bond donors (Lipinski definition) is 1. The Kier molecular flexibility index (Phi) is 4.13. The molecule has 1 unspecified atom stereocenters. The summed E-state index contributed by atoms with van der Waals surface area (Å²) in [5, 5.41) is 2.56. The molecule has 0 aromatic carbocycles. The molecule has 7 heteroatoms. The lowest BCUT2D eigenvalue weighted by molar-refractivity contribution is -0.127. The van der Waals surface area contributed by atoms with Gasteiger partial charge in [0.15, 0.2) is 0 Å². The van der Waals surface area contributed by atoms with Crippen molar-refractivity contribution in [3.05, 3.63) is 0 Å². The fraction of sp³-hybridized carbons (Fsp3) is 0.800. The molecule has 1 saturated heterocycles. The van der Waals surface area contributed by atoms with Gasteiger partial charge in [-0.2, -0.15) is 0 Å². The topological polar surface area (TPSA) is 83.6 Å². The molecule has 0 aliphatic carbocycles. The standard InChI is InChI=1S/C10H18N2O4S/c1-7(2)6-8-9(13)12(10(14)11-8)4-5-17(3,15)16/h7-8H,4-6H2,1-3H3,(H,11,14). The monoisotopic (exact) mass is 262 g/mol. The average Bonchev–Trinajstić information content (AvgIpc) is 2.37. The van der Waals surface area contributed by atoms with Crippen molar-refractivity contribution < 1.29 is 18.0 Å². The van der Waals surface area contributed by atoms with E-state index in [-0.39, 0.29) is 18.2 Å². The summed E-state index contributed by atoms with van der Waals surface area (Å²) >= 11 is 0. The average molecular weight is 262 g/mol. The van der Waals surface area contributed by atoms with E-state index in [2.05, 4.69) is 5.32 Å². The smallest absolute Gasteiger partial charge is 0.324 e. The van der Waals surface area contributed by atoms with Crippen molar-refractivity contribution in [3.63, 3.8) is 0 Å². The van der Waals surface area contributed by atoms with Crippen LogP contribution >= 0.6 is 0 Å². The van der Waals surface area contributed by atoms with Crippen LogP contribution in [0.25, 0.3) is 0 Å². The fourth-order valence-electron chi connectivity index (χ4n) is 1.68. The minimum absolute atomic E-state index is 0.0713. The first kappa shape index (κ1) is 14.0. The Morgan fingerprint density at radius 1 is 1.35 bits per heavy atom. The van der Waals surface area contributed by atoms with Crippen molar-refractivity contribution in [2.75, 3.05) is 18.6 Å². The van der Waals surface area contributed by atoms with E-state index in [0.29, 0.717) is 12.3 Å². The summed E-state index contributed by atoms with van der Waals surface area (Å²) in [6.07, 6.45) is 1.65. The lowest BCUT2D eigenvalue weighted by atomic mass is 10.0. The molecule has 0 saturated carbocycles. The summed E-state index contributed by atoms with van der Waals surface area (Å²) < 4.78 is 22.0. The van der Waals surface area contributed by atoms with Crippen LogP contribution in [0.5, 0.6) is 0 Å². The summed E-state index contributed by atoms with van der Waals surface area (Å²) in [5.74, 6) is -0.230. The highest BCUT2D eigenvalue weighted by atomic mass is 32.2. The van der Waals surface area contributed by atoms with Gasteiger partial charge in [0.1, 0.15) is 15.9 Å². The minimum Gasteiger partial charge on any atom is -0.326 e.